The minimum Gasteiger partial charge on any atom is -0.302 e. The molecule has 6 nitrogen and oxygen atoms in total. The Kier molecular flexibility index (Phi) is 3.16. The zero-order valence-corrected chi connectivity index (χ0v) is 10.9. The van der Waals surface area contributed by atoms with Crippen LogP contribution in [0.4, 0.5) is 0 Å². The van der Waals surface area contributed by atoms with Crippen LogP contribution >= 0.6 is 0 Å². The van der Waals surface area contributed by atoms with Crippen molar-refractivity contribution in [3.63, 3.8) is 0 Å². The third kappa shape index (κ3) is 2.44. The first-order valence-electron chi connectivity index (χ1n) is 6.45. The van der Waals surface area contributed by atoms with Crippen molar-refractivity contribution in [1.82, 2.24) is 24.2 Å². The third-order valence-electron chi connectivity index (χ3n) is 3.61. The lowest BCUT2D eigenvalue weighted by molar-refractivity contribution is 0.309. The van der Waals surface area contributed by atoms with Crippen LogP contribution in [-0.2, 0) is 13.6 Å². The molecule has 19 heavy (non-hydrogen) atoms. The molecule has 1 atom stereocenters. The molecule has 2 aromatic heterocycles. The molecule has 1 fully saturated rings. The van der Waals surface area contributed by atoms with Gasteiger partial charge in [-0.2, -0.15) is 5.10 Å². The summed E-state index contributed by atoms with van der Waals surface area (Å²) in [6.45, 7) is 2.58. The first-order valence-corrected chi connectivity index (χ1v) is 6.45. The lowest BCUT2D eigenvalue weighted by Gasteiger charge is -2.15. The molecule has 1 unspecified atom stereocenters. The summed E-state index contributed by atoms with van der Waals surface area (Å²) < 4.78 is 3.53. The number of rotatable bonds is 3. The van der Waals surface area contributed by atoms with Crippen molar-refractivity contribution < 1.29 is 0 Å². The van der Waals surface area contributed by atoms with Crippen molar-refractivity contribution >= 4 is 0 Å². The van der Waals surface area contributed by atoms with Gasteiger partial charge in [-0.1, -0.05) is 0 Å². The number of hydrogen-bond acceptors (Lipinski definition) is 4. The first kappa shape index (κ1) is 12.1. The van der Waals surface area contributed by atoms with Gasteiger partial charge in [-0.25, -0.2) is 4.98 Å². The normalized spacial score (nSPS) is 19.9. The number of nitrogens with zero attached hydrogens (tertiary/aromatic N) is 5. The van der Waals surface area contributed by atoms with Crippen LogP contribution in [0.15, 0.2) is 35.8 Å². The maximum absolute atomic E-state index is 11.9. The van der Waals surface area contributed by atoms with Crippen LogP contribution in [0.2, 0.25) is 0 Å². The number of hydrogen-bond donors (Lipinski definition) is 0. The third-order valence-corrected chi connectivity index (χ3v) is 3.61. The molecule has 3 heterocycles. The lowest BCUT2D eigenvalue weighted by atomic mass is 10.3. The summed E-state index contributed by atoms with van der Waals surface area (Å²) in [5, 5.41) is 4.28. The van der Waals surface area contributed by atoms with E-state index in [-0.39, 0.29) is 5.56 Å². The van der Waals surface area contributed by atoms with E-state index < -0.39 is 0 Å². The van der Waals surface area contributed by atoms with Crippen LogP contribution in [0.25, 0.3) is 0 Å². The van der Waals surface area contributed by atoms with Crippen molar-refractivity contribution in [2.75, 3.05) is 13.1 Å². The second kappa shape index (κ2) is 4.97. The van der Waals surface area contributed by atoms with Gasteiger partial charge in [-0.15, -0.1) is 0 Å². The standard InChI is InChI=1S/C13H17N5O/c1-16-10-14-7-11(13(16)19)8-17-6-3-12(9-17)18-5-2-4-15-18/h2,4-5,7,10,12H,3,6,8-9H2,1H3. The average molecular weight is 259 g/mol. The summed E-state index contributed by atoms with van der Waals surface area (Å²) in [7, 11) is 1.73. The molecule has 0 N–H and O–H groups in total. The number of aromatic nitrogens is 4. The van der Waals surface area contributed by atoms with Gasteiger partial charge in [-0.3, -0.25) is 14.4 Å². The Balaban J connectivity index is 1.69. The van der Waals surface area contributed by atoms with Gasteiger partial charge >= 0.3 is 0 Å². The predicted molar refractivity (Wildman–Crippen MR) is 70.6 cm³/mol. The summed E-state index contributed by atoms with van der Waals surface area (Å²) in [4.78, 5) is 18.3. The van der Waals surface area contributed by atoms with E-state index >= 15 is 0 Å². The molecule has 3 rings (SSSR count). The molecule has 6 heteroatoms. The van der Waals surface area contributed by atoms with Crippen molar-refractivity contribution in [1.29, 1.82) is 0 Å². The van der Waals surface area contributed by atoms with E-state index in [1.54, 1.807) is 25.8 Å². The van der Waals surface area contributed by atoms with Crippen molar-refractivity contribution in [3.8, 4) is 0 Å². The van der Waals surface area contributed by atoms with Gasteiger partial charge in [0, 0.05) is 50.8 Å². The summed E-state index contributed by atoms with van der Waals surface area (Å²) in [6, 6.07) is 2.36. The second-order valence-corrected chi connectivity index (χ2v) is 5.00. The Hall–Kier alpha value is -1.95. The number of aryl methyl sites for hydroxylation is 1. The molecule has 0 aromatic carbocycles. The fourth-order valence-corrected chi connectivity index (χ4v) is 2.58. The lowest BCUT2D eigenvalue weighted by Crippen LogP contribution is -2.28. The molecule has 2 aromatic rings. The van der Waals surface area contributed by atoms with Crippen LogP contribution in [0.1, 0.15) is 18.0 Å². The maximum Gasteiger partial charge on any atom is 0.257 e. The van der Waals surface area contributed by atoms with Crippen LogP contribution in [0, 0.1) is 0 Å². The van der Waals surface area contributed by atoms with Crippen LogP contribution < -0.4 is 5.56 Å². The molecule has 0 saturated carbocycles. The van der Waals surface area contributed by atoms with Gasteiger partial charge < -0.3 is 4.57 Å². The molecule has 1 aliphatic rings. The van der Waals surface area contributed by atoms with Gasteiger partial charge in [0.05, 0.1) is 12.4 Å². The molecule has 1 saturated heterocycles. The highest BCUT2D eigenvalue weighted by Gasteiger charge is 2.24. The van der Waals surface area contributed by atoms with E-state index in [2.05, 4.69) is 15.0 Å². The molecular weight excluding hydrogens is 242 g/mol. The van der Waals surface area contributed by atoms with Crippen LogP contribution in [0.5, 0.6) is 0 Å². The molecule has 0 radical (unpaired) electrons. The topological polar surface area (TPSA) is 56.0 Å². The SMILES string of the molecule is Cn1cncc(CN2CCC(n3cccn3)C2)c1=O. The molecule has 0 spiro atoms. The molecule has 1 aliphatic heterocycles. The Labute approximate surface area is 111 Å². The largest absolute Gasteiger partial charge is 0.302 e. The minimum atomic E-state index is 0.0394. The van der Waals surface area contributed by atoms with Crippen molar-refractivity contribution in [2.45, 2.75) is 19.0 Å². The first-order chi connectivity index (χ1) is 9.24. The van der Waals surface area contributed by atoms with E-state index in [0.29, 0.717) is 12.6 Å². The Morgan fingerprint density at radius 1 is 1.47 bits per heavy atom. The average Bonchev–Trinajstić information content (AvgIpc) is 3.05. The smallest absolute Gasteiger partial charge is 0.257 e. The molecule has 100 valence electrons. The summed E-state index contributed by atoms with van der Waals surface area (Å²) in [5.74, 6) is 0. The van der Waals surface area contributed by atoms with Crippen molar-refractivity contribution in [3.05, 3.63) is 46.9 Å². The van der Waals surface area contributed by atoms with Gasteiger partial charge in [-0.05, 0) is 12.5 Å². The van der Waals surface area contributed by atoms with Crippen LogP contribution in [0.3, 0.4) is 0 Å². The summed E-state index contributed by atoms with van der Waals surface area (Å²) >= 11 is 0. The molecule has 0 bridgehead atoms. The Bertz CT molecular complexity index is 604. The highest BCUT2D eigenvalue weighted by atomic mass is 16.1. The van der Waals surface area contributed by atoms with Gasteiger partial charge in [0.2, 0.25) is 0 Å². The summed E-state index contributed by atoms with van der Waals surface area (Å²) in [6.07, 6.45) is 8.09. The number of likely N-dealkylation sites (tertiary alicyclic amines) is 1. The van der Waals surface area contributed by atoms with Crippen LogP contribution in [-0.4, -0.2) is 37.3 Å². The summed E-state index contributed by atoms with van der Waals surface area (Å²) in [5.41, 5.74) is 0.795. The van der Waals surface area contributed by atoms with E-state index in [4.69, 9.17) is 0 Å². The fraction of sp³-hybridized carbons (Fsp3) is 0.462. The fourth-order valence-electron chi connectivity index (χ4n) is 2.58. The zero-order valence-electron chi connectivity index (χ0n) is 10.9. The maximum atomic E-state index is 11.9. The quantitative estimate of drug-likeness (QED) is 0.802. The monoisotopic (exact) mass is 259 g/mol. The van der Waals surface area contributed by atoms with Gasteiger partial charge in [0.15, 0.2) is 0 Å². The highest BCUT2D eigenvalue weighted by Crippen LogP contribution is 2.21. The van der Waals surface area contributed by atoms with Crippen molar-refractivity contribution in [2.24, 2.45) is 7.05 Å². The van der Waals surface area contributed by atoms with E-state index in [9.17, 15) is 4.79 Å². The van der Waals surface area contributed by atoms with E-state index in [1.807, 2.05) is 16.9 Å². The minimum absolute atomic E-state index is 0.0394. The molecule has 0 amide bonds. The van der Waals surface area contributed by atoms with Gasteiger partial charge in [0.25, 0.3) is 5.56 Å². The van der Waals surface area contributed by atoms with E-state index in [0.717, 1.165) is 25.1 Å². The Morgan fingerprint density at radius 2 is 2.37 bits per heavy atom. The second-order valence-electron chi connectivity index (χ2n) is 5.00. The highest BCUT2D eigenvalue weighted by molar-refractivity contribution is 5.04. The Morgan fingerprint density at radius 3 is 3.16 bits per heavy atom. The predicted octanol–water partition coefficient (Wildman–Crippen LogP) is 0.424. The zero-order chi connectivity index (χ0) is 13.2. The van der Waals surface area contributed by atoms with E-state index in [1.165, 1.54) is 4.57 Å². The molecular formula is C13H17N5O. The molecule has 0 aliphatic carbocycles. The van der Waals surface area contributed by atoms with Gasteiger partial charge in [0.1, 0.15) is 0 Å².